The molecule has 2 aromatic carbocycles. The van der Waals surface area contributed by atoms with Gasteiger partial charge in [-0.05, 0) is 55.6 Å². The number of carbonyl (C=O) groups is 1. The first-order valence-electron chi connectivity index (χ1n) is 11.0. The molecule has 1 aromatic heterocycles. The summed E-state index contributed by atoms with van der Waals surface area (Å²) in [6, 6.07) is 19.4. The fourth-order valence-electron chi connectivity index (χ4n) is 4.36. The lowest BCUT2D eigenvalue weighted by atomic mass is 9.86. The predicted octanol–water partition coefficient (Wildman–Crippen LogP) is 4.57. The number of aliphatic carboxylic acids is 1. The molecule has 0 aliphatic carbocycles. The van der Waals surface area contributed by atoms with Crippen molar-refractivity contribution in [2.45, 2.75) is 31.7 Å². The smallest absolute Gasteiger partial charge is 0.310 e. The normalized spacial score (nSPS) is 17.1. The monoisotopic (exact) mass is 433 g/mol. The maximum absolute atomic E-state index is 14.4. The van der Waals surface area contributed by atoms with Crippen LogP contribution in [0.3, 0.4) is 0 Å². The Balaban J connectivity index is 1.45. The number of nitrogens with zero attached hydrogens (tertiary/aromatic N) is 1. The zero-order valence-electron chi connectivity index (χ0n) is 18.1. The summed E-state index contributed by atoms with van der Waals surface area (Å²) in [5, 5.41) is 16.3. The third-order valence-electron chi connectivity index (χ3n) is 6.21. The van der Waals surface area contributed by atoms with Gasteiger partial charge in [0.2, 0.25) is 0 Å². The molecule has 32 heavy (non-hydrogen) atoms. The Bertz CT molecular complexity index is 1070. The van der Waals surface area contributed by atoms with E-state index in [-0.39, 0.29) is 11.6 Å². The van der Waals surface area contributed by atoms with Crippen molar-refractivity contribution in [2.24, 2.45) is 5.92 Å². The second kappa shape index (κ2) is 9.92. The van der Waals surface area contributed by atoms with Crippen LogP contribution in [-0.4, -0.2) is 29.1 Å². The summed E-state index contributed by atoms with van der Waals surface area (Å²) in [6.07, 6.45) is 3.36. The third kappa shape index (κ3) is 4.97. The first-order valence-corrected chi connectivity index (χ1v) is 11.0. The number of hydrogen-bond donors (Lipinski definition) is 3. The molecule has 2 heterocycles. The van der Waals surface area contributed by atoms with Gasteiger partial charge in [-0.1, -0.05) is 42.5 Å². The number of anilines is 1. The lowest BCUT2D eigenvalue weighted by Gasteiger charge is -2.33. The molecule has 5 nitrogen and oxygen atoms in total. The number of halogens is 1. The van der Waals surface area contributed by atoms with Gasteiger partial charge in [-0.2, -0.15) is 0 Å². The summed E-state index contributed by atoms with van der Waals surface area (Å²) in [6.45, 7) is 3.03. The molecular weight excluding hydrogens is 405 g/mol. The van der Waals surface area contributed by atoms with Crippen molar-refractivity contribution in [1.82, 2.24) is 10.3 Å². The van der Waals surface area contributed by atoms with E-state index in [0.29, 0.717) is 18.9 Å². The Morgan fingerprint density at radius 2 is 2.03 bits per heavy atom. The molecule has 166 valence electrons. The third-order valence-corrected chi connectivity index (χ3v) is 6.21. The highest BCUT2D eigenvalue weighted by Crippen LogP contribution is 2.31. The van der Waals surface area contributed by atoms with E-state index in [1.54, 1.807) is 6.07 Å². The number of fused-ring (bicyclic) bond motifs is 1. The first kappa shape index (κ1) is 22.0. The molecule has 0 bridgehead atoms. The summed E-state index contributed by atoms with van der Waals surface area (Å²) >= 11 is 0. The van der Waals surface area contributed by atoms with Gasteiger partial charge < -0.3 is 15.7 Å². The van der Waals surface area contributed by atoms with Crippen LogP contribution >= 0.6 is 0 Å². The molecule has 6 heteroatoms. The predicted molar refractivity (Wildman–Crippen MR) is 123 cm³/mol. The average Bonchev–Trinajstić information content (AvgIpc) is 2.82. The molecule has 0 unspecified atom stereocenters. The van der Waals surface area contributed by atoms with Crippen molar-refractivity contribution in [3.63, 3.8) is 0 Å². The van der Waals surface area contributed by atoms with Crippen molar-refractivity contribution in [2.75, 3.05) is 18.4 Å². The minimum absolute atomic E-state index is 0.134. The van der Waals surface area contributed by atoms with E-state index in [2.05, 4.69) is 33.8 Å². The zero-order valence-corrected chi connectivity index (χ0v) is 18.1. The van der Waals surface area contributed by atoms with Gasteiger partial charge >= 0.3 is 5.97 Å². The van der Waals surface area contributed by atoms with Gasteiger partial charge in [-0.25, -0.2) is 4.39 Å². The largest absolute Gasteiger partial charge is 0.481 e. The van der Waals surface area contributed by atoms with Crippen molar-refractivity contribution < 1.29 is 14.3 Å². The second-order valence-electron chi connectivity index (χ2n) is 8.35. The molecular formula is C26H28FN3O2. The second-order valence-corrected chi connectivity index (χ2v) is 8.35. The zero-order chi connectivity index (χ0) is 22.5. The molecule has 3 atom stereocenters. The maximum Gasteiger partial charge on any atom is 0.310 e. The van der Waals surface area contributed by atoms with Gasteiger partial charge in [0.25, 0.3) is 0 Å². The number of carboxylic acid groups (broad SMARTS) is 1. The summed E-state index contributed by atoms with van der Waals surface area (Å²) in [4.78, 5) is 15.7. The highest BCUT2D eigenvalue weighted by atomic mass is 19.1. The van der Waals surface area contributed by atoms with Crippen molar-refractivity contribution in [3.8, 4) is 0 Å². The van der Waals surface area contributed by atoms with Crippen LogP contribution in [0.4, 0.5) is 10.1 Å². The van der Waals surface area contributed by atoms with E-state index < -0.39 is 17.7 Å². The quantitative estimate of drug-likeness (QED) is 0.485. The molecule has 0 amide bonds. The molecule has 3 aromatic rings. The van der Waals surface area contributed by atoms with Crippen molar-refractivity contribution in [3.05, 3.63) is 95.1 Å². The number of rotatable bonds is 8. The number of nitrogens with one attached hydrogen (secondary N) is 2. The number of benzene rings is 2. The summed E-state index contributed by atoms with van der Waals surface area (Å²) in [5.74, 6) is -2.02. The van der Waals surface area contributed by atoms with Gasteiger partial charge in [0, 0.05) is 30.3 Å². The molecule has 0 saturated heterocycles. The van der Waals surface area contributed by atoms with E-state index in [1.165, 1.54) is 18.6 Å². The number of carboxylic acids is 1. The summed E-state index contributed by atoms with van der Waals surface area (Å²) in [5.41, 5.74) is 4.46. The lowest BCUT2D eigenvalue weighted by molar-refractivity contribution is -0.138. The van der Waals surface area contributed by atoms with Gasteiger partial charge in [0.1, 0.15) is 5.82 Å². The Hall–Kier alpha value is -3.25. The van der Waals surface area contributed by atoms with Crippen LogP contribution in [0, 0.1) is 11.7 Å². The molecule has 0 radical (unpaired) electrons. The number of aromatic nitrogens is 1. The van der Waals surface area contributed by atoms with Crippen LogP contribution in [0.5, 0.6) is 0 Å². The minimum atomic E-state index is -1.03. The van der Waals surface area contributed by atoms with Gasteiger partial charge in [0.15, 0.2) is 0 Å². The van der Waals surface area contributed by atoms with Gasteiger partial charge in [0.05, 0.1) is 17.3 Å². The molecule has 0 saturated carbocycles. The Labute approximate surface area is 187 Å². The Morgan fingerprint density at radius 1 is 1.22 bits per heavy atom. The standard InChI is InChI=1S/C26H28FN3O2/c1-17(26(31)32)21-10-9-18(14-22(21)27)11-13-29-25(19-6-3-2-4-7-19)20-15-24-23(30-16-20)8-5-12-28-24/h2-10,12,14,17,20,25,29-30H,11,13,15-16H2,1H3,(H,31,32)/t17-,20-,25-/m1/s1. The van der Waals surface area contributed by atoms with E-state index in [4.69, 9.17) is 5.11 Å². The Kier molecular flexibility index (Phi) is 6.81. The molecule has 0 fully saturated rings. The van der Waals surface area contributed by atoms with Crippen molar-refractivity contribution >= 4 is 11.7 Å². The first-order chi connectivity index (χ1) is 15.5. The fraction of sp³-hybridized carbons (Fsp3) is 0.308. The van der Waals surface area contributed by atoms with Gasteiger partial charge in [-0.3, -0.25) is 9.78 Å². The molecule has 1 aliphatic heterocycles. The minimum Gasteiger partial charge on any atom is -0.481 e. The number of pyridine rings is 1. The average molecular weight is 434 g/mol. The lowest BCUT2D eigenvalue weighted by Crippen LogP contribution is -2.37. The van der Waals surface area contributed by atoms with E-state index in [1.807, 2.05) is 36.5 Å². The summed E-state index contributed by atoms with van der Waals surface area (Å²) in [7, 11) is 0. The van der Waals surface area contributed by atoms with Crippen molar-refractivity contribution in [1.29, 1.82) is 0 Å². The van der Waals surface area contributed by atoms with Crippen LogP contribution in [0.25, 0.3) is 0 Å². The Morgan fingerprint density at radius 3 is 2.78 bits per heavy atom. The molecule has 3 N–H and O–H groups in total. The molecule has 1 aliphatic rings. The topological polar surface area (TPSA) is 74.2 Å². The summed E-state index contributed by atoms with van der Waals surface area (Å²) < 4.78 is 14.4. The molecule has 0 spiro atoms. The van der Waals surface area contributed by atoms with Crippen LogP contribution in [-0.2, 0) is 17.6 Å². The van der Waals surface area contributed by atoms with E-state index in [0.717, 1.165) is 29.9 Å². The molecule has 4 rings (SSSR count). The SMILES string of the molecule is C[C@@H](C(=O)O)c1ccc(CCN[C@H](c2ccccc2)[C@H]2CNc3cccnc3C2)cc1F. The van der Waals surface area contributed by atoms with Crippen LogP contribution in [0.1, 0.15) is 41.3 Å². The van der Waals surface area contributed by atoms with Crippen LogP contribution in [0.2, 0.25) is 0 Å². The van der Waals surface area contributed by atoms with Gasteiger partial charge in [-0.15, -0.1) is 0 Å². The fourth-order valence-corrected chi connectivity index (χ4v) is 4.36. The highest BCUT2D eigenvalue weighted by molar-refractivity contribution is 5.75. The van der Waals surface area contributed by atoms with Crippen LogP contribution in [0.15, 0.2) is 66.9 Å². The highest BCUT2D eigenvalue weighted by Gasteiger charge is 2.27. The number of hydrogen-bond acceptors (Lipinski definition) is 4. The maximum atomic E-state index is 14.4. The van der Waals surface area contributed by atoms with Crippen LogP contribution < -0.4 is 10.6 Å². The van der Waals surface area contributed by atoms with E-state index >= 15 is 0 Å². The van der Waals surface area contributed by atoms with E-state index in [9.17, 15) is 9.18 Å².